The lowest BCUT2D eigenvalue weighted by Crippen LogP contribution is -2.07. The molecule has 0 fully saturated rings. The largest absolute Gasteiger partial charge is 0.476 e. The van der Waals surface area contributed by atoms with Gasteiger partial charge in [-0.05, 0) is 19.4 Å². The standard InChI is InChI=1S/C14H17Cl2N3OS/c1-3-5-17-13-10(15)7-11(16)14(19-13)20-6-4-12-9(2)18-8-21-12/h7-8H,3-6H2,1-2H3,(H,17,19). The number of anilines is 1. The molecule has 4 nitrogen and oxygen atoms in total. The summed E-state index contributed by atoms with van der Waals surface area (Å²) in [6.45, 7) is 5.37. The molecule has 1 N–H and O–H groups in total. The van der Waals surface area contributed by atoms with Crippen molar-refractivity contribution in [1.82, 2.24) is 9.97 Å². The van der Waals surface area contributed by atoms with Crippen LogP contribution >= 0.6 is 34.5 Å². The second-order valence-electron chi connectivity index (χ2n) is 4.49. The molecule has 0 bridgehead atoms. The van der Waals surface area contributed by atoms with Gasteiger partial charge in [0.05, 0.1) is 22.8 Å². The number of rotatable bonds is 7. The van der Waals surface area contributed by atoms with Gasteiger partial charge in [-0.15, -0.1) is 11.3 Å². The molecule has 0 aliphatic heterocycles. The molecule has 2 rings (SSSR count). The van der Waals surface area contributed by atoms with E-state index >= 15 is 0 Å². The molecule has 0 amide bonds. The summed E-state index contributed by atoms with van der Waals surface area (Å²) in [5.74, 6) is 1.01. The van der Waals surface area contributed by atoms with Gasteiger partial charge in [0.25, 0.3) is 0 Å². The van der Waals surface area contributed by atoms with E-state index in [-0.39, 0.29) is 0 Å². The molecule has 21 heavy (non-hydrogen) atoms. The maximum atomic E-state index is 6.12. The van der Waals surface area contributed by atoms with Crippen LogP contribution in [-0.4, -0.2) is 23.1 Å². The zero-order valence-corrected chi connectivity index (χ0v) is 14.3. The average Bonchev–Trinajstić information content (AvgIpc) is 2.85. The molecule has 2 heterocycles. The molecular formula is C14H17Cl2N3OS. The molecule has 7 heteroatoms. The molecule has 0 unspecified atom stereocenters. The monoisotopic (exact) mass is 345 g/mol. The second kappa shape index (κ2) is 7.82. The SMILES string of the molecule is CCCNc1nc(OCCc2scnc2C)c(Cl)cc1Cl. The summed E-state index contributed by atoms with van der Waals surface area (Å²) in [7, 11) is 0. The highest BCUT2D eigenvalue weighted by molar-refractivity contribution is 7.09. The number of hydrogen-bond acceptors (Lipinski definition) is 5. The number of nitrogens with zero attached hydrogens (tertiary/aromatic N) is 2. The number of nitrogens with one attached hydrogen (secondary N) is 1. The summed E-state index contributed by atoms with van der Waals surface area (Å²) in [6, 6.07) is 1.65. The van der Waals surface area contributed by atoms with Crippen LogP contribution in [0, 0.1) is 6.92 Å². The van der Waals surface area contributed by atoms with Crippen molar-refractivity contribution in [3.05, 3.63) is 32.2 Å². The third-order valence-electron chi connectivity index (χ3n) is 2.85. The van der Waals surface area contributed by atoms with Crippen molar-refractivity contribution in [1.29, 1.82) is 0 Å². The topological polar surface area (TPSA) is 47.0 Å². The van der Waals surface area contributed by atoms with Crippen LogP contribution in [0.5, 0.6) is 5.88 Å². The summed E-state index contributed by atoms with van der Waals surface area (Å²) in [6.07, 6.45) is 1.77. The van der Waals surface area contributed by atoms with E-state index in [1.165, 1.54) is 4.88 Å². The Balaban J connectivity index is 2.00. The molecule has 0 aliphatic carbocycles. The fraction of sp³-hybridized carbons (Fsp3) is 0.429. The van der Waals surface area contributed by atoms with E-state index in [9.17, 15) is 0 Å². The maximum Gasteiger partial charge on any atom is 0.234 e. The zero-order chi connectivity index (χ0) is 15.2. The number of aryl methyl sites for hydroxylation is 1. The minimum atomic E-state index is 0.404. The Morgan fingerprint density at radius 3 is 2.81 bits per heavy atom. The van der Waals surface area contributed by atoms with Crippen LogP contribution in [0.2, 0.25) is 10.0 Å². The Morgan fingerprint density at radius 2 is 2.14 bits per heavy atom. The number of pyridine rings is 1. The molecule has 0 aromatic carbocycles. The van der Waals surface area contributed by atoms with E-state index in [4.69, 9.17) is 27.9 Å². The normalized spacial score (nSPS) is 10.7. The van der Waals surface area contributed by atoms with Crippen LogP contribution in [0.25, 0.3) is 0 Å². The van der Waals surface area contributed by atoms with Crippen molar-refractivity contribution in [3.63, 3.8) is 0 Å². The first-order valence-corrected chi connectivity index (χ1v) is 8.37. The molecule has 0 aliphatic rings. The Hall–Kier alpha value is -1.04. The molecule has 0 spiro atoms. The number of thiazole rings is 1. The third-order valence-corrected chi connectivity index (χ3v) is 4.41. The minimum Gasteiger partial charge on any atom is -0.476 e. The first-order chi connectivity index (χ1) is 10.1. The molecule has 0 atom stereocenters. The van der Waals surface area contributed by atoms with Crippen LogP contribution in [0.1, 0.15) is 23.9 Å². The van der Waals surface area contributed by atoms with Crippen molar-refractivity contribution in [2.75, 3.05) is 18.5 Å². The maximum absolute atomic E-state index is 6.12. The molecule has 2 aromatic rings. The van der Waals surface area contributed by atoms with E-state index < -0.39 is 0 Å². The molecular weight excluding hydrogens is 329 g/mol. The predicted octanol–water partition coefficient (Wildman–Crippen LogP) is 4.60. The highest BCUT2D eigenvalue weighted by Gasteiger charge is 2.11. The van der Waals surface area contributed by atoms with Gasteiger partial charge >= 0.3 is 0 Å². The molecule has 0 saturated carbocycles. The van der Waals surface area contributed by atoms with E-state index in [0.717, 1.165) is 25.1 Å². The summed E-state index contributed by atoms with van der Waals surface area (Å²) in [5.41, 5.74) is 2.88. The quantitative estimate of drug-likeness (QED) is 0.796. The predicted molar refractivity (Wildman–Crippen MR) is 89.1 cm³/mol. The van der Waals surface area contributed by atoms with Gasteiger partial charge in [0.15, 0.2) is 0 Å². The van der Waals surface area contributed by atoms with Gasteiger partial charge in [0.2, 0.25) is 5.88 Å². The van der Waals surface area contributed by atoms with Gasteiger partial charge in [0, 0.05) is 17.8 Å². The highest BCUT2D eigenvalue weighted by Crippen LogP contribution is 2.30. The summed E-state index contributed by atoms with van der Waals surface area (Å²) < 4.78 is 5.68. The Labute approximate surface area is 138 Å². The van der Waals surface area contributed by atoms with E-state index in [1.807, 2.05) is 12.4 Å². The van der Waals surface area contributed by atoms with Crippen molar-refractivity contribution < 1.29 is 4.74 Å². The fourth-order valence-corrected chi connectivity index (χ4v) is 2.97. The molecule has 0 radical (unpaired) electrons. The van der Waals surface area contributed by atoms with Gasteiger partial charge in [-0.25, -0.2) is 4.98 Å². The number of hydrogen-bond donors (Lipinski definition) is 1. The van der Waals surface area contributed by atoms with Crippen molar-refractivity contribution in [2.24, 2.45) is 0 Å². The van der Waals surface area contributed by atoms with Crippen LogP contribution in [0.3, 0.4) is 0 Å². The summed E-state index contributed by atoms with van der Waals surface area (Å²) >= 11 is 13.8. The number of halogens is 2. The van der Waals surface area contributed by atoms with E-state index in [0.29, 0.717) is 28.3 Å². The van der Waals surface area contributed by atoms with E-state index in [2.05, 4.69) is 22.2 Å². The van der Waals surface area contributed by atoms with Gasteiger partial charge in [-0.2, -0.15) is 4.98 Å². The van der Waals surface area contributed by atoms with Gasteiger partial charge in [-0.3, -0.25) is 0 Å². The van der Waals surface area contributed by atoms with Gasteiger partial charge in [0.1, 0.15) is 10.8 Å². The van der Waals surface area contributed by atoms with Crippen LogP contribution in [-0.2, 0) is 6.42 Å². The minimum absolute atomic E-state index is 0.404. The lowest BCUT2D eigenvalue weighted by atomic mass is 10.3. The van der Waals surface area contributed by atoms with Crippen molar-refractivity contribution in [3.8, 4) is 5.88 Å². The smallest absolute Gasteiger partial charge is 0.234 e. The third kappa shape index (κ3) is 4.46. The Morgan fingerprint density at radius 1 is 1.33 bits per heavy atom. The van der Waals surface area contributed by atoms with Crippen LogP contribution in [0.4, 0.5) is 5.82 Å². The lowest BCUT2D eigenvalue weighted by Gasteiger charge is -2.11. The number of aromatic nitrogens is 2. The molecule has 114 valence electrons. The first-order valence-electron chi connectivity index (χ1n) is 6.73. The van der Waals surface area contributed by atoms with Crippen LogP contribution in [0.15, 0.2) is 11.6 Å². The molecule has 2 aromatic heterocycles. The summed E-state index contributed by atoms with van der Waals surface area (Å²) in [4.78, 5) is 9.77. The number of ether oxygens (including phenoxy) is 1. The van der Waals surface area contributed by atoms with Gasteiger partial charge in [-0.1, -0.05) is 30.1 Å². The fourth-order valence-electron chi connectivity index (χ4n) is 1.72. The Kier molecular flexibility index (Phi) is 6.08. The van der Waals surface area contributed by atoms with Crippen LogP contribution < -0.4 is 10.1 Å². The zero-order valence-electron chi connectivity index (χ0n) is 11.9. The second-order valence-corrected chi connectivity index (χ2v) is 6.25. The highest BCUT2D eigenvalue weighted by atomic mass is 35.5. The Bertz CT molecular complexity index is 604. The van der Waals surface area contributed by atoms with Crippen molar-refractivity contribution >= 4 is 40.4 Å². The summed E-state index contributed by atoms with van der Waals surface area (Å²) in [5, 5.41) is 4.07. The van der Waals surface area contributed by atoms with Crippen molar-refractivity contribution in [2.45, 2.75) is 26.7 Å². The lowest BCUT2D eigenvalue weighted by molar-refractivity contribution is 0.311. The first kappa shape index (κ1) is 16.3. The average molecular weight is 346 g/mol. The van der Waals surface area contributed by atoms with E-state index in [1.54, 1.807) is 17.4 Å². The van der Waals surface area contributed by atoms with Gasteiger partial charge < -0.3 is 10.1 Å². The molecule has 0 saturated heterocycles.